The number of nitriles is 1. The summed E-state index contributed by atoms with van der Waals surface area (Å²) in [7, 11) is 3.53. The number of nitrogens with two attached hydrogens (primary N) is 1. The molecule has 2 heterocycles. The van der Waals surface area contributed by atoms with Crippen LogP contribution in [0.15, 0.2) is 18.3 Å². The Kier molecular flexibility index (Phi) is 4.08. The fourth-order valence-corrected chi connectivity index (χ4v) is 2.91. The van der Waals surface area contributed by atoms with E-state index in [0.29, 0.717) is 17.1 Å². The number of aryl methyl sites for hydroxylation is 1. The zero-order chi connectivity index (χ0) is 17.3. The summed E-state index contributed by atoms with van der Waals surface area (Å²) in [6, 6.07) is 5.61. The van der Waals surface area contributed by atoms with E-state index in [1.54, 1.807) is 30.9 Å². The molecule has 8 heteroatoms. The first-order valence-electron chi connectivity index (χ1n) is 7.69. The number of aromatic nitrogens is 3. The fraction of sp³-hybridized carbons (Fsp3) is 0.375. The summed E-state index contributed by atoms with van der Waals surface area (Å²) in [6.07, 6.45) is 3.25. The van der Waals surface area contributed by atoms with Crippen molar-refractivity contribution in [3.8, 4) is 6.07 Å². The van der Waals surface area contributed by atoms with Crippen molar-refractivity contribution in [1.82, 2.24) is 19.9 Å². The number of amides is 1. The summed E-state index contributed by atoms with van der Waals surface area (Å²) in [5, 5.41) is 14.9. The quantitative estimate of drug-likeness (QED) is 0.770. The molecule has 4 N–H and O–H groups in total. The molecule has 2 aromatic rings. The van der Waals surface area contributed by atoms with E-state index < -0.39 is 0 Å². The van der Waals surface area contributed by atoms with Crippen molar-refractivity contribution in [2.75, 3.05) is 18.1 Å². The van der Waals surface area contributed by atoms with E-state index >= 15 is 0 Å². The van der Waals surface area contributed by atoms with Gasteiger partial charge in [0.15, 0.2) is 0 Å². The molecule has 1 aliphatic carbocycles. The SMILES string of the molecule is CNc1cc(C2CC(NC(=O)c3cc(C#N)cn3C)C2)nc(N)n1. The largest absolute Gasteiger partial charge is 0.373 e. The smallest absolute Gasteiger partial charge is 0.268 e. The van der Waals surface area contributed by atoms with Crippen molar-refractivity contribution in [3.05, 3.63) is 35.3 Å². The van der Waals surface area contributed by atoms with Crippen LogP contribution in [0.3, 0.4) is 0 Å². The van der Waals surface area contributed by atoms with Gasteiger partial charge in [-0.1, -0.05) is 0 Å². The number of rotatable bonds is 4. The second-order valence-corrected chi connectivity index (χ2v) is 5.96. The Hall–Kier alpha value is -3.08. The minimum atomic E-state index is -0.166. The molecular weight excluding hydrogens is 306 g/mol. The molecule has 0 spiro atoms. The van der Waals surface area contributed by atoms with E-state index in [-0.39, 0.29) is 23.8 Å². The Morgan fingerprint density at radius 2 is 2.17 bits per heavy atom. The highest BCUT2D eigenvalue weighted by molar-refractivity contribution is 5.93. The average molecular weight is 325 g/mol. The van der Waals surface area contributed by atoms with Crippen LogP contribution < -0.4 is 16.4 Å². The van der Waals surface area contributed by atoms with Crippen LogP contribution in [0, 0.1) is 11.3 Å². The van der Waals surface area contributed by atoms with Crippen molar-refractivity contribution in [1.29, 1.82) is 5.26 Å². The van der Waals surface area contributed by atoms with Gasteiger partial charge in [-0.15, -0.1) is 0 Å². The lowest BCUT2D eigenvalue weighted by Crippen LogP contribution is -2.44. The average Bonchev–Trinajstić information content (AvgIpc) is 2.90. The maximum Gasteiger partial charge on any atom is 0.268 e. The Labute approximate surface area is 139 Å². The molecule has 0 bridgehead atoms. The highest BCUT2D eigenvalue weighted by Crippen LogP contribution is 2.36. The van der Waals surface area contributed by atoms with Crippen LogP contribution in [0.4, 0.5) is 11.8 Å². The van der Waals surface area contributed by atoms with Crippen molar-refractivity contribution in [3.63, 3.8) is 0 Å². The maximum atomic E-state index is 12.3. The lowest BCUT2D eigenvalue weighted by atomic mass is 9.78. The zero-order valence-electron chi connectivity index (χ0n) is 13.6. The molecule has 24 heavy (non-hydrogen) atoms. The van der Waals surface area contributed by atoms with Crippen molar-refractivity contribution >= 4 is 17.7 Å². The van der Waals surface area contributed by atoms with E-state index in [4.69, 9.17) is 11.0 Å². The van der Waals surface area contributed by atoms with E-state index in [1.807, 2.05) is 12.1 Å². The Bertz CT molecular complexity index is 814. The van der Waals surface area contributed by atoms with Gasteiger partial charge in [-0.25, -0.2) is 4.98 Å². The number of nitrogen functional groups attached to an aromatic ring is 1. The number of carbonyl (C=O) groups is 1. The minimum absolute atomic E-state index is 0.0946. The van der Waals surface area contributed by atoms with Crippen LogP contribution in [0.2, 0.25) is 0 Å². The van der Waals surface area contributed by atoms with Crippen LogP contribution in [-0.4, -0.2) is 33.5 Å². The van der Waals surface area contributed by atoms with E-state index in [2.05, 4.69) is 20.6 Å². The van der Waals surface area contributed by atoms with Gasteiger partial charge in [0.25, 0.3) is 5.91 Å². The molecule has 0 aromatic carbocycles. The second-order valence-electron chi connectivity index (χ2n) is 5.96. The Morgan fingerprint density at radius 3 is 2.79 bits per heavy atom. The van der Waals surface area contributed by atoms with Crippen LogP contribution >= 0.6 is 0 Å². The molecule has 1 saturated carbocycles. The summed E-state index contributed by atoms with van der Waals surface area (Å²) in [5.41, 5.74) is 7.57. The minimum Gasteiger partial charge on any atom is -0.373 e. The monoisotopic (exact) mass is 325 g/mol. The highest BCUT2D eigenvalue weighted by Gasteiger charge is 2.33. The summed E-state index contributed by atoms with van der Waals surface area (Å²) in [6.45, 7) is 0. The molecule has 0 aliphatic heterocycles. The molecule has 1 fully saturated rings. The normalized spacial score (nSPS) is 19.2. The fourth-order valence-electron chi connectivity index (χ4n) is 2.91. The van der Waals surface area contributed by atoms with Gasteiger partial charge in [-0.3, -0.25) is 4.79 Å². The van der Waals surface area contributed by atoms with Gasteiger partial charge in [0.1, 0.15) is 17.6 Å². The molecule has 0 atom stereocenters. The molecule has 0 saturated heterocycles. The molecular formula is C16H19N7O. The lowest BCUT2D eigenvalue weighted by molar-refractivity contribution is 0.0900. The summed E-state index contributed by atoms with van der Waals surface area (Å²) >= 11 is 0. The van der Waals surface area contributed by atoms with Gasteiger partial charge >= 0.3 is 0 Å². The van der Waals surface area contributed by atoms with Crippen LogP contribution in [0.5, 0.6) is 0 Å². The standard InChI is InChI=1S/C16H19N7O/c1-19-14-6-12(21-16(18)22-14)10-4-11(5-10)20-15(24)13-3-9(7-17)8-23(13)2/h3,6,8,10-11H,4-5H2,1-2H3,(H,20,24)(H3,18,19,21,22). The topological polar surface area (TPSA) is 122 Å². The third-order valence-corrected chi connectivity index (χ3v) is 4.28. The Morgan fingerprint density at radius 1 is 1.42 bits per heavy atom. The molecule has 8 nitrogen and oxygen atoms in total. The zero-order valence-corrected chi connectivity index (χ0v) is 13.6. The van der Waals surface area contributed by atoms with E-state index in [1.165, 1.54) is 0 Å². The number of nitrogens with one attached hydrogen (secondary N) is 2. The molecule has 1 aliphatic rings. The number of hydrogen-bond donors (Lipinski definition) is 3. The van der Waals surface area contributed by atoms with Crippen molar-refractivity contribution in [2.45, 2.75) is 24.8 Å². The first-order valence-corrected chi connectivity index (χ1v) is 7.69. The van der Waals surface area contributed by atoms with E-state index in [9.17, 15) is 4.79 Å². The third-order valence-electron chi connectivity index (χ3n) is 4.28. The molecule has 2 aromatic heterocycles. The van der Waals surface area contributed by atoms with Crippen molar-refractivity contribution < 1.29 is 4.79 Å². The van der Waals surface area contributed by atoms with Gasteiger partial charge in [-0.2, -0.15) is 10.2 Å². The molecule has 124 valence electrons. The Balaban J connectivity index is 1.61. The number of carbonyl (C=O) groups excluding carboxylic acids is 1. The van der Waals surface area contributed by atoms with Crippen molar-refractivity contribution in [2.24, 2.45) is 7.05 Å². The molecule has 0 unspecified atom stereocenters. The van der Waals surface area contributed by atoms with Gasteiger partial charge in [0.2, 0.25) is 5.95 Å². The number of nitrogens with zero attached hydrogens (tertiary/aromatic N) is 4. The third kappa shape index (κ3) is 3.01. The first kappa shape index (κ1) is 15.8. The van der Waals surface area contributed by atoms with Gasteiger partial charge < -0.3 is 20.9 Å². The van der Waals surface area contributed by atoms with Gasteiger partial charge in [0.05, 0.1) is 11.3 Å². The first-order chi connectivity index (χ1) is 11.5. The summed E-state index contributed by atoms with van der Waals surface area (Å²) < 4.78 is 1.66. The maximum absolute atomic E-state index is 12.3. The summed E-state index contributed by atoms with van der Waals surface area (Å²) in [4.78, 5) is 20.7. The van der Waals surface area contributed by atoms with Crippen LogP contribution in [-0.2, 0) is 7.05 Å². The predicted molar refractivity (Wildman–Crippen MR) is 89.3 cm³/mol. The predicted octanol–water partition coefficient (Wildman–Crippen LogP) is 0.987. The number of hydrogen-bond acceptors (Lipinski definition) is 6. The highest BCUT2D eigenvalue weighted by atomic mass is 16.2. The van der Waals surface area contributed by atoms with Gasteiger partial charge in [0, 0.05) is 38.3 Å². The van der Waals surface area contributed by atoms with E-state index in [0.717, 1.165) is 18.5 Å². The lowest BCUT2D eigenvalue weighted by Gasteiger charge is -2.35. The molecule has 1 amide bonds. The van der Waals surface area contributed by atoms with Gasteiger partial charge in [-0.05, 0) is 18.9 Å². The molecule has 0 radical (unpaired) electrons. The molecule has 3 rings (SSSR count). The van der Waals surface area contributed by atoms with Crippen LogP contribution in [0.25, 0.3) is 0 Å². The number of anilines is 2. The summed E-state index contributed by atoms with van der Waals surface area (Å²) in [5.74, 6) is 1.03. The second kappa shape index (κ2) is 6.20. The van der Waals surface area contributed by atoms with Crippen LogP contribution in [0.1, 0.15) is 40.5 Å².